The van der Waals surface area contributed by atoms with Crippen molar-refractivity contribution in [2.75, 3.05) is 12.9 Å². The molecule has 1 atom stereocenters. The van der Waals surface area contributed by atoms with Crippen LogP contribution in [0.1, 0.15) is 36.7 Å². The summed E-state index contributed by atoms with van der Waals surface area (Å²) in [6.45, 7) is 5.07. The smallest absolute Gasteiger partial charge is 0.408 e. The number of esters is 1. The van der Waals surface area contributed by atoms with E-state index in [4.69, 9.17) is 9.47 Å². The number of alkyl carbamates (subject to hydrolysis) is 1. The molecule has 0 aromatic heterocycles. The van der Waals surface area contributed by atoms with Gasteiger partial charge >= 0.3 is 12.1 Å². The van der Waals surface area contributed by atoms with Crippen LogP contribution < -0.4 is 5.32 Å². The van der Waals surface area contributed by atoms with E-state index >= 15 is 0 Å². The van der Waals surface area contributed by atoms with E-state index in [0.29, 0.717) is 37.9 Å². The summed E-state index contributed by atoms with van der Waals surface area (Å²) in [5, 5.41) is 15.5. The lowest BCUT2D eigenvalue weighted by atomic mass is 9.82. The maximum absolute atomic E-state index is 13.1. The molecule has 3 aromatic rings. The number of ketones is 1. The monoisotopic (exact) mass is 508 g/mol. The number of nitro benzene ring substituents is 1. The highest BCUT2D eigenvalue weighted by atomic mass is 32.2. The van der Waals surface area contributed by atoms with Crippen molar-refractivity contribution in [2.45, 2.75) is 37.3 Å². The molecule has 4 rings (SSSR count). The van der Waals surface area contributed by atoms with Gasteiger partial charge in [0.2, 0.25) is 0 Å². The van der Waals surface area contributed by atoms with Crippen LogP contribution in [0.5, 0.6) is 0 Å². The molecule has 0 saturated heterocycles. The SMILES string of the molecule is COC(=O)[C@H](CSc1cc2c3c(cccc3c1[N+](=O)[O-])C(=O)c1ccccc1-2)NC(=O)OC(C)(C)C. The lowest BCUT2D eigenvalue weighted by Crippen LogP contribution is -2.45. The first-order valence-electron chi connectivity index (χ1n) is 11.1. The van der Waals surface area contributed by atoms with Crippen molar-refractivity contribution >= 4 is 46.1 Å². The molecule has 0 spiro atoms. The molecule has 0 unspecified atom stereocenters. The Balaban J connectivity index is 1.78. The Morgan fingerprint density at radius 1 is 1.06 bits per heavy atom. The molecule has 0 bridgehead atoms. The zero-order chi connectivity index (χ0) is 26.2. The van der Waals surface area contributed by atoms with E-state index in [2.05, 4.69) is 5.32 Å². The Morgan fingerprint density at radius 2 is 1.72 bits per heavy atom. The van der Waals surface area contributed by atoms with E-state index in [1.807, 2.05) is 0 Å². The van der Waals surface area contributed by atoms with Gasteiger partial charge in [0, 0.05) is 22.3 Å². The van der Waals surface area contributed by atoms with Gasteiger partial charge in [0.1, 0.15) is 11.6 Å². The first-order valence-corrected chi connectivity index (χ1v) is 12.1. The molecule has 0 saturated carbocycles. The summed E-state index contributed by atoms with van der Waals surface area (Å²) in [6.07, 6.45) is -0.807. The lowest BCUT2D eigenvalue weighted by molar-refractivity contribution is -0.385. The molecule has 9 nitrogen and oxygen atoms in total. The molecular formula is C26H24N2O7S. The van der Waals surface area contributed by atoms with Crippen molar-refractivity contribution in [1.82, 2.24) is 5.32 Å². The van der Waals surface area contributed by atoms with Gasteiger partial charge in [-0.15, -0.1) is 11.8 Å². The molecule has 1 N–H and O–H groups in total. The third-order valence-corrected chi connectivity index (χ3v) is 6.69. The summed E-state index contributed by atoms with van der Waals surface area (Å²) in [4.78, 5) is 49.7. The minimum atomic E-state index is -1.11. The van der Waals surface area contributed by atoms with Crippen LogP contribution in [0.25, 0.3) is 21.9 Å². The topological polar surface area (TPSA) is 125 Å². The molecule has 0 aliphatic heterocycles. The van der Waals surface area contributed by atoms with E-state index in [9.17, 15) is 24.5 Å². The van der Waals surface area contributed by atoms with E-state index in [1.165, 1.54) is 7.11 Å². The maximum atomic E-state index is 13.1. The molecule has 36 heavy (non-hydrogen) atoms. The number of hydrogen-bond acceptors (Lipinski definition) is 8. The van der Waals surface area contributed by atoms with Crippen LogP contribution >= 0.6 is 11.8 Å². The Kier molecular flexibility index (Phi) is 6.73. The Bertz CT molecular complexity index is 1410. The number of carbonyl (C=O) groups excluding carboxylic acids is 3. The molecular weight excluding hydrogens is 484 g/mol. The molecule has 1 aliphatic rings. The van der Waals surface area contributed by atoms with E-state index in [-0.39, 0.29) is 17.2 Å². The van der Waals surface area contributed by atoms with Crippen molar-refractivity contribution in [3.63, 3.8) is 0 Å². The number of rotatable bonds is 6. The third-order valence-electron chi connectivity index (χ3n) is 5.57. The van der Waals surface area contributed by atoms with Gasteiger partial charge in [-0.3, -0.25) is 14.9 Å². The number of carbonyl (C=O) groups is 3. The second kappa shape index (κ2) is 9.62. The van der Waals surface area contributed by atoms with Crippen LogP contribution in [-0.4, -0.2) is 47.3 Å². The average molecular weight is 509 g/mol. The highest BCUT2D eigenvalue weighted by Gasteiger charge is 2.32. The first kappa shape index (κ1) is 25.2. The van der Waals surface area contributed by atoms with Crippen molar-refractivity contribution < 1.29 is 28.8 Å². The van der Waals surface area contributed by atoms with Crippen LogP contribution in [0, 0.1) is 10.1 Å². The largest absolute Gasteiger partial charge is 0.467 e. The fourth-order valence-corrected chi connectivity index (χ4v) is 5.23. The van der Waals surface area contributed by atoms with Crippen LogP contribution in [-0.2, 0) is 14.3 Å². The average Bonchev–Trinajstić information content (AvgIpc) is 2.82. The molecule has 0 radical (unpaired) electrons. The summed E-state index contributed by atoms with van der Waals surface area (Å²) in [5.41, 5.74) is 1.34. The first-order chi connectivity index (χ1) is 17.0. The number of thioether (sulfide) groups is 1. The number of amides is 1. The second-order valence-corrected chi connectivity index (χ2v) is 10.2. The number of benzene rings is 3. The molecule has 1 amide bonds. The van der Waals surface area contributed by atoms with Gasteiger partial charge in [-0.2, -0.15) is 0 Å². The van der Waals surface area contributed by atoms with Gasteiger partial charge in [0.25, 0.3) is 5.69 Å². The minimum Gasteiger partial charge on any atom is -0.467 e. The van der Waals surface area contributed by atoms with E-state index in [0.717, 1.165) is 11.8 Å². The van der Waals surface area contributed by atoms with Crippen LogP contribution in [0.15, 0.2) is 53.4 Å². The zero-order valence-electron chi connectivity index (χ0n) is 20.1. The standard InChI is InChI=1S/C26H24N2O7S/c1-26(2,3)35-25(31)27-19(24(30)34-4)13-36-20-12-18-14-8-5-6-9-15(14)23(29)17-11-7-10-16(21(17)18)22(20)28(32)33/h5-12,19H,13H2,1-4H3,(H,27,31)/t19-/m0/s1. The van der Waals surface area contributed by atoms with Crippen molar-refractivity contribution in [3.05, 3.63) is 69.8 Å². The minimum absolute atomic E-state index is 0.0437. The number of ether oxygens (including phenoxy) is 2. The summed E-state index contributed by atoms with van der Waals surface area (Å²) in [6, 6.07) is 12.6. The highest BCUT2D eigenvalue weighted by Crippen LogP contribution is 2.46. The van der Waals surface area contributed by atoms with E-state index in [1.54, 1.807) is 69.3 Å². The summed E-state index contributed by atoms with van der Waals surface area (Å²) in [7, 11) is 1.19. The van der Waals surface area contributed by atoms with Crippen LogP contribution in [0.3, 0.4) is 0 Å². The Hall–Kier alpha value is -3.92. The number of methoxy groups -OCH3 is 1. The molecule has 1 aliphatic carbocycles. The Labute approximate surface area is 211 Å². The molecule has 3 aromatic carbocycles. The predicted octanol–water partition coefficient (Wildman–Crippen LogP) is 5.12. The van der Waals surface area contributed by atoms with E-state index < -0.39 is 28.6 Å². The summed E-state index contributed by atoms with van der Waals surface area (Å²) >= 11 is 1.04. The number of nitrogens with zero attached hydrogens (tertiary/aromatic N) is 1. The lowest BCUT2D eigenvalue weighted by Gasteiger charge is -2.23. The van der Waals surface area contributed by atoms with Gasteiger partial charge in [0.05, 0.1) is 22.3 Å². The third kappa shape index (κ3) is 4.76. The number of fused-ring (bicyclic) bond motifs is 2. The van der Waals surface area contributed by atoms with Crippen molar-refractivity contribution in [1.29, 1.82) is 0 Å². The quantitative estimate of drug-likeness (QED) is 0.165. The predicted molar refractivity (Wildman–Crippen MR) is 135 cm³/mol. The maximum Gasteiger partial charge on any atom is 0.408 e. The van der Waals surface area contributed by atoms with Crippen LogP contribution in [0.4, 0.5) is 10.5 Å². The number of nitrogens with one attached hydrogen (secondary N) is 1. The van der Waals surface area contributed by atoms with Crippen molar-refractivity contribution in [3.8, 4) is 11.1 Å². The zero-order valence-corrected chi connectivity index (χ0v) is 20.9. The van der Waals surface area contributed by atoms with Crippen LogP contribution in [0.2, 0.25) is 0 Å². The van der Waals surface area contributed by atoms with Gasteiger partial charge < -0.3 is 14.8 Å². The normalized spacial score (nSPS) is 13.1. The second-order valence-electron chi connectivity index (χ2n) is 9.16. The molecule has 10 heteroatoms. The highest BCUT2D eigenvalue weighted by molar-refractivity contribution is 7.99. The van der Waals surface area contributed by atoms with Gasteiger partial charge in [-0.05, 0) is 44.0 Å². The molecule has 0 heterocycles. The fourth-order valence-electron chi connectivity index (χ4n) is 4.14. The summed E-state index contributed by atoms with van der Waals surface area (Å²) in [5.74, 6) is -0.945. The Morgan fingerprint density at radius 3 is 2.36 bits per heavy atom. The van der Waals surface area contributed by atoms with Gasteiger partial charge in [0.15, 0.2) is 5.78 Å². The van der Waals surface area contributed by atoms with Crippen molar-refractivity contribution in [2.24, 2.45) is 0 Å². The number of hydrogen-bond donors (Lipinski definition) is 1. The van der Waals surface area contributed by atoms with Gasteiger partial charge in [-0.1, -0.05) is 36.4 Å². The fraction of sp³-hybridized carbons (Fsp3) is 0.269. The summed E-state index contributed by atoms with van der Waals surface area (Å²) < 4.78 is 10.0. The van der Waals surface area contributed by atoms with Gasteiger partial charge in [-0.25, -0.2) is 9.59 Å². The number of nitro groups is 1. The molecule has 186 valence electrons. The molecule has 0 fully saturated rings.